The fourth-order valence-corrected chi connectivity index (χ4v) is 0.371. The predicted octanol–water partition coefficient (Wildman–Crippen LogP) is -1.71. The van der Waals surface area contributed by atoms with Crippen LogP contribution in [0.4, 0.5) is 0 Å². The molecule has 0 saturated heterocycles. The molecule has 3 N–H and O–H groups in total. The molecule has 0 aliphatic carbocycles. The highest BCUT2D eigenvalue weighted by Gasteiger charge is 2.18. The lowest BCUT2D eigenvalue weighted by atomic mass is 10.5. The maximum absolute atomic E-state index is 10.2. The Morgan fingerprint density at radius 2 is 2.00 bits per heavy atom. The molecule has 0 saturated carbocycles. The second-order valence-corrected chi connectivity index (χ2v) is 1.81. The number of hydrogen-bond donors (Lipinski definition) is 3. The molecule has 0 rings (SSSR count). The summed E-state index contributed by atoms with van der Waals surface area (Å²) in [6.45, 7) is 0.546. The fraction of sp³-hybridized carbons (Fsp3) is 0.800. The van der Waals surface area contributed by atoms with E-state index in [1.54, 1.807) is 0 Å². The topological polar surface area (TPSA) is 77.8 Å². The van der Waals surface area contributed by atoms with Crippen molar-refractivity contribution in [2.24, 2.45) is 0 Å². The minimum Gasteiger partial charge on any atom is -0.394 e. The molecule has 0 aromatic rings. The summed E-state index contributed by atoms with van der Waals surface area (Å²) >= 11 is 0. The van der Waals surface area contributed by atoms with Gasteiger partial charge in [0.25, 0.3) is 0 Å². The Hall–Kier alpha value is -0.450. The van der Waals surface area contributed by atoms with Gasteiger partial charge in [-0.15, -0.1) is 0 Å². The maximum atomic E-state index is 10.2. The summed E-state index contributed by atoms with van der Waals surface area (Å²) in [5, 5.41) is 25.4. The average Bonchev–Trinajstić information content (AvgIpc) is 1.84. The fourth-order valence-electron chi connectivity index (χ4n) is 0.371. The van der Waals surface area contributed by atoms with Crippen LogP contribution in [-0.4, -0.2) is 39.9 Å². The number of hydrogen-bond acceptors (Lipinski definition) is 4. The molecular weight excluding hydrogens is 126 g/mol. The van der Waals surface area contributed by atoms with Crippen LogP contribution in [-0.2, 0) is 4.79 Å². The van der Waals surface area contributed by atoms with Gasteiger partial charge in [0.15, 0.2) is 5.78 Å². The van der Waals surface area contributed by atoms with Gasteiger partial charge in [-0.2, -0.15) is 0 Å². The lowest BCUT2D eigenvalue weighted by Gasteiger charge is -2.10. The molecule has 0 unspecified atom stereocenters. The minimum absolute atomic E-state index is 0.545. The Balaban J connectivity index is 3.72. The molecule has 54 valence electrons. The van der Waals surface area contributed by atoms with Crippen LogP contribution in [0.25, 0.3) is 0 Å². The first kappa shape index (κ1) is 8.55. The van der Waals surface area contributed by atoms with E-state index in [0.717, 1.165) is 6.92 Å². The molecular formula is C5H10O4. The van der Waals surface area contributed by atoms with Crippen LogP contribution in [0.15, 0.2) is 0 Å². The third kappa shape index (κ3) is 2.55. The van der Waals surface area contributed by atoms with Crippen LogP contribution in [0.2, 0.25) is 0 Å². The second kappa shape index (κ2) is 3.55. The molecule has 4 nitrogen and oxygen atoms in total. The monoisotopic (exact) mass is 136 g/mol. The van der Waals surface area contributed by atoms with Crippen molar-refractivity contribution < 1.29 is 20.1 Å². The van der Waals surface area contributed by atoms with Crippen LogP contribution in [0, 0.1) is 0 Å². The predicted molar refractivity (Wildman–Crippen MR) is 29.8 cm³/mol. The first-order chi connectivity index (χ1) is 4.09. The largest absolute Gasteiger partial charge is 0.394 e. The third-order valence-corrected chi connectivity index (χ3v) is 0.968. The highest BCUT2D eigenvalue weighted by molar-refractivity contribution is 5.80. The summed E-state index contributed by atoms with van der Waals surface area (Å²) in [5.41, 5.74) is 0. The number of carbonyl (C=O) groups is 1. The van der Waals surface area contributed by atoms with Crippen molar-refractivity contribution in [1.29, 1.82) is 0 Å². The van der Waals surface area contributed by atoms with E-state index >= 15 is 0 Å². The molecule has 4 heteroatoms. The molecule has 0 aliphatic rings. The van der Waals surface area contributed by atoms with Crippen molar-refractivity contribution in [3.05, 3.63) is 0 Å². The van der Waals surface area contributed by atoms with Gasteiger partial charge in [-0.3, -0.25) is 4.79 Å². The summed E-state index contributed by atoms with van der Waals surface area (Å²) in [6.07, 6.45) is -2.79. The van der Waals surface area contributed by atoms with Crippen LogP contribution < -0.4 is 0 Å². The molecule has 0 fully saturated rings. The lowest BCUT2D eigenvalue weighted by molar-refractivity contribution is -0.132. The van der Waals surface area contributed by atoms with Gasteiger partial charge in [-0.05, 0) is 6.92 Å². The average molecular weight is 136 g/mol. The Bertz CT molecular complexity index is 101. The SMILES string of the molecule is C[13C](=O)[13C@@H](O)[C@H](O)CO. The second-order valence-electron chi connectivity index (χ2n) is 1.81. The van der Waals surface area contributed by atoms with Crippen molar-refractivity contribution >= 4 is 5.78 Å². The lowest BCUT2D eigenvalue weighted by Crippen LogP contribution is -2.34. The number of Topliss-reactive ketones (excluding diaryl/α,β-unsaturated/α-hetero) is 1. The van der Waals surface area contributed by atoms with E-state index < -0.39 is 24.6 Å². The molecule has 0 bridgehead atoms. The Morgan fingerprint density at radius 3 is 2.11 bits per heavy atom. The van der Waals surface area contributed by atoms with E-state index in [2.05, 4.69) is 0 Å². The van der Waals surface area contributed by atoms with Gasteiger partial charge in [0.05, 0.1) is 6.61 Å². The van der Waals surface area contributed by atoms with E-state index in [-0.39, 0.29) is 0 Å². The van der Waals surface area contributed by atoms with Gasteiger partial charge in [0.2, 0.25) is 0 Å². The van der Waals surface area contributed by atoms with E-state index in [4.69, 9.17) is 15.3 Å². The van der Waals surface area contributed by atoms with Crippen molar-refractivity contribution in [2.45, 2.75) is 19.1 Å². The van der Waals surface area contributed by atoms with Gasteiger partial charge in [0, 0.05) is 0 Å². The van der Waals surface area contributed by atoms with Crippen LogP contribution >= 0.6 is 0 Å². The number of carbonyl (C=O) groups excluding carboxylic acids is 1. The Kier molecular flexibility index (Phi) is 3.37. The summed E-state index contributed by atoms with van der Waals surface area (Å²) < 4.78 is 0. The number of ketones is 1. The number of rotatable bonds is 3. The van der Waals surface area contributed by atoms with Crippen LogP contribution in [0.5, 0.6) is 0 Å². The van der Waals surface area contributed by atoms with Gasteiger partial charge >= 0.3 is 0 Å². The molecule has 2 atom stereocenters. The van der Waals surface area contributed by atoms with E-state index in [0.29, 0.717) is 0 Å². The molecule has 9 heavy (non-hydrogen) atoms. The standard InChI is InChI=1S/C5H10O4/c1-3(7)5(9)4(8)2-6/h4-6,8-9H,2H2,1H3/t4-,5-/m1/s1/i3+1,5+1. The first-order valence-corrected chi connectivity index (χ1v) is 2.57. The summed E-state index contributed by atoms with van der Waals surface area (Å²) in [6, 6.07) is 0. The van der Waals surface area contributed by atoms with Gasteiger partial charge < -0.3 is 15.3 Å². The third-order valence-electron chi connectivity index (χ3n) is 0.968. The summed E-state index contributed by atoms with van der Waals surface area (Å²) in [5.74, 6) is -0.545. The zero-order valence-corrected chi connectivity index (χ0v) is 5.11. The van der Waals surface area contributed by atoms with Crippen LogP contribution in [0.3, 0.4) is 0 Å². The highest BCUT2D eigenvalue weighted by Crippen LogP contribution is 1.92. The highest BCUT2D eigenvalue weighted by atomic mass is 16.4. The van der Waals surface area contributed by atoms with E-state index in [1.165, 1.54) is 0 Å². The summed E-state index contributed by atoms with van der Waals surface area (Å²) in [7, 11) is 0. The van der Waals surface area contributed by atoms with Crippen LogP contribution in [0.1, 0.15) is 6.92 Å². The van der Waals surface area contributed by atoms with Crippen molar-refractivity contribution in [2.75, 3.05) is 6.61 Å². The van der Waals surface area contributed by atoms with Crippen molar-refractivity contribution in [3.8, 4) is 0 Å². The van der Waals surface area contributed by atoms with Crippen molar-refractivity contribution in [1.82, 2.24) is 0 Å². The normalized spacial score (nSPS) is 16.9. The molecule has 0 spiro atoms. The first-order valence-electron chi connectivity index (χ1n) is 2.57. The maximum Gasteiger partial charge on any atom is 0.160 e. The molecule has 0 aromatic heterocycles. The molecule has 0 aliphatic heterocycles. The van der Waals surface area contributed by atoms with Gasteiger partial charge in [-0.25, -0.2) is 0 Å². The van der Waals surface area contributed by atoms with E-state index in [9.17, 15) is 4.79 Å². The molecule has 0 aromatic carbocycles. The smallest absolute Gasteiger partial charge is 0.160 e. The molecule has 0 amide bonds. The Morgan fingerprint density at radius 1 is 1.56 bits per heavy atom. The molecule has 0 radical (unpaired) electrons. The zero-order chi connectivity index (χ0) is 7.44. The number of aliphatic hydroxyl groups is 3. The quantitative estimate of drug-likeness (QED) is 0.404. The van der Waals surface area contributed by atoms with Gasteiger partial charge in [0.1, 0.15) is 12.2 Å². The van der Waals surface area contributed by atoms with Crippen molar-refractivity contribution in [3.63, 3.8) is 0 Å². The summed E-state index contributed by atoms with van der Waals surface area (Å²) in [4.78, 5) is 10.2. The minimum atomic E-state index is -1.45. The van der Waals surface area contributed by atoms with E-state index in [1.807, 2.05) is 0 Å². The zero-order valence-electron chi connectivity index (χ0n) is 5.11. The molecule has 0 heterocycles. The number of aliphatic hydroxyl groups excluding tert-OH is 3. The Labute approximate surface area is 52.7 Å². The van der Waals surface area contributed by atoms with Gasteiger partial charge in [-0.1, -0.05) is 0 Å².